The first kappa shape index (κ1) is 10.2. The van der Waals surface area contributed by atoms with E-state index in [4.69, 9.17) is 0 Å². The Hall–Kier alpha value is -0.890. The SMILES string of the molecule is Cc1cccnc1CCCN(C)C. The van der Waals surface area contributed by atoms with Crippen molar-refractivity contribution in [2.75, 3.05) is 20.6 Å². The first-order chi connectivity index (χ1) is 6.20. The third-order valence-electron chi connectivity index (χ3n) is 2.14. The maximum atomic E-state index is 4.36. The highest BCUT2D eigenvalue weighted by Crippen LogP contribution is 2.05. The number of aromatic nitrogens is 1. The number of rotatable bonds is 4. The second-order valence-corrected chi connectivity index (χ2v) is 3.67. The van der Waals surface area contributed by atoms with Crippen LogP contribution in [0.2, 0.25) is 0 Å². The van der Waals surface area contributed by atoms with Crippen LogP contribution in [0.4, 0.5) is 0 Å². The zero-order valence-corrected chi connectivity index (χ0v) is 8.75. The third kappa shape index (κ3) is 3.55. The summed E-state index contributed by atoms with van der Waals surface area (Å²) in [4.78, 5) is 6.56. The molecule has 0 aliphatic carbocycles. The molecule has 0 saturated heterocycles. The topological polar surface area (TPSA) is 16.1 Å². The molecule has 0 atom stereocenters. The Balaban J connectivity index is 2.41. The largest absolute Gasteiger partial charge is 0.309 e. The van der Waals surface area contributed by atoms with Gasteiger partial charge in [-0.2, -0.15) is 0 Å². The van der Waals surface area contributed by atoms with E-state index in [0.717, 1.165) is 13.0 Å². The molecule has 0 saturated carbocycles. The molecule has 0 fully saturated rings. The highest BCUT2D eigenvalue weighted by molar-refractivity contribution is 5.17. The fraction of sp³-hybridized carbons (Fsp3) is 0.545. The second-order valence-electron chi connectivity index (χ2n) is 3.67. The molecule has 0 aromatic carbocycles. The van der Waals surface area contributed by atoms with Gasteiger partial charge < -0.3 is 4.90 Å². The van der Waals surface area contributed by atoms with Gasteiger partial charge in [-0.3, -0.25) is 4.98 Å². The Morgan fingerprint density at radius 1 is 1.38 bits per heavy atom. The fourth-order valence-corrected chi connectivity index (χ4v) is 1.34. The van der Waals surface area contributed by atoms with Crippen molar-refractivity contribution >= 4 is 0 Å². The van der Waals surface area contributed by atoms with Gasteiger partial charge in [-0.15, -0.1) is 0 Å². The summed E-state index contributed by atoms with van der Waals surface area (Å²) in [5, 5.41) is 0. The van der Waals surface area contributed by atoms with Gasteiger partial charge in [0.2, 0.25) is 0 Å². The average molecular weight is 178 g/mol. The van der Waals surface area contributed by atoms with E-state index in [1.807, 2.05) is 12.3 Å². The van der Waals surface area contributed by atoms with Crippen LogP contribution in [0.5, 0.6) is 0 Å². The predicted octanol–water partition coefficient (Wildman–Crippen LogP) is 1.88. The zero-order valence-electron chi connectivity index (χ0n) is 8.75. The summed E-state index contributed by atoms with van der Waals surface area (Å²) in [5.74, 6) is 0. The maximum absolute atomic E-state index is 4.36. The van der Waals surface area contributed by atoms with Gasteiger partial charge in [-0.1, -0.05) is 6.07 Å². The fourth-order valence-electron chi connectivity index (χ4n) is 1.34. The zero-order chi connectivity index (χ0) is 9.68. The summed E-state index contributed by atoms with van der Waals surface area (Å²) < 4.78 is 0. The molecule has 2 nitrogen and oxygen atoms in total. The second kappa shape index (κ2) is 4.97. The van der Waals surface area contributed by atoms with Gasteiger partial charge in [0.1, 0.15) is 0 Å². The van der Waals surface area contributed by atoms with E-state index < -0.39 is 0 Å². The van der Waals surface area contributed by atoms with Crippen LogP contribution in [-0.2, 0) is 6.42 Å². The Labute approximate surface area is 80.6 Å². The first-order valence-corrected chi connectivity index (χ1v) is 4.75. The van der Waals surface area contributed by atoms with Gasteiger partial charge >= 0.3 is 0 Å². The standard InChI is InChI=1S/C11H18N2/c1-10-6-4-8-12-11(10)7-5-9-13(2)3/h4,6,8H,5,7,9H2,1-3H3. The summed E-state index contributed by atoms with van der Waals surface area (Å²) >= 11 is 0. The lowest BCUT2D eigenvalue weighted by Crippen LogP contribution is -2.13. The van der Waals surface area contributed by atoms with E-state index in [2.05, 4.69) is 37.0 Å². The minimum absolute atomic E-state index is 1.09. The summed E-state index contributed by atoms with van der Waals surface area (Å²) in [7, 11) is 4.20. The monoisotopic (exact) mass is 178 g/mol. The van der Waals surface area contributed by atoms with Crippen LogP contribution in [0, 0.1) is 6.92 Å². The first-order valence-electron chi connectivity index (χ1n) is 4.75. The van der Waals surface area contributed by atoms with Crippen LogP contribution in [-0.4, -0.2) is 30.5 Å². The van der Waals surface area contributed by atoms with E-state index in [0.29, 0.717) is 0 Å². The van der Waals surface area contributed by atoms with Crippen LogP contribution in [0.25, 0.3) is 0 Å². The molecular weight excluding hydrogens is 160 g/mol. The normalized spacial score (nSPS) is 10.8. The van der Waals surface area contributed by atoms with Crippen molar-refractivity contribution in [3.8, 4) is 0 Å². The summed E-state index contributed by atoms with van der Waals surface area (Å²) in [5.41, 5.74) is 2.55. The van der Waals surface area contributed by atoms with Crippen LogP contribution in [0.1, 0.15) is 17.7 Å². The lowest BCUT2D eigenvalue weighted by Gasteiger charge is -2.09. The summed E-state index contributed by atoms with van der Waals surface area (Å²) in [6.07, 6.45) is 4.15. The number of hydrogen-bond acceptors (Lipinski definition) is 2. The molecule has 0 aliphatic rings. The molecule has 0 bridgehead atoms. The van der Waals surface area contributed by atoms with Crippen LogP contribution >= 0.6 is 0 Å². The lowest BCUT2D eigenvalue weighted by atomic mass is 10.1. The quantitative estimate of drug-likeness (QED) is 0.700. The molecule has 1 aromatic heterocycles. The van der Waals surface area contributed by atoms with Crippen molar-refractivity contribution < 1.29 is 0 Å². The van der Waals surface area contributed by atoms with Crippen molar-refractivity contribution in [3.05, 3.63) is 29.6 Å². The van der Waals surface area contributed by atoms with Gasteiger partial charge in [-0.25, -0.2) is 0 Å². The number of hydrogen-bond donors (Lipinski definition) is 0. The molecule has 0 spiro atoms. The number of pyridine rings is 1. The van der Waals surface area contributed by atoms with E-state index in [9.17, 15) is 0 Å². The molecule has 1 aromatic rings. The smallest absolute Gasteiger partial charge is 0.0433 e. The van der Waals surface area contributed by atoms with E-state index >= 15 is 0 Å². The molecule has 72 valence electrons. The third-order valence-corrected chi connectivity index (χ3v) is 2.14. The van der Waals surface area contributed by atoms with Crippen molar-refractivity contribution in [2.24, 2.45) is 0 Å². The van der Waals surface area contributed by atoms with Gasteiger partial charge in [-0.05, 0) is 52.0 Å². The van der Waals surface area contributed by atoms with Crippen LogP contribution < -0.4 is 0 Å². The van der Waals surface area contributed by atoms with Gasteiger partial charge in [0.15, 0.2) is 0 Å². The molecule has 1 heterocycles. The van der Waals surface area contributed by atoms with E-state index in [1.165, 1.54) is 17.7 Å². The minimum atomic E-state index is 1.09. The van der Waals surface area contributed by atoms with Crippen molar-refractivity contribution in [1.82, 2.24) is 9.88 Å². The average Bonchev–Trinajstić information content (AvgIpc) is 2.08. The van der Waals surface area contributed by atoms with Gasteiger partial charge in [0.25, 0.3) is 0 Å². The molecule has 13 heavy (non-hydrogen) atoms. The Morgan fingerprint density at radius 2 is 2.15 bits per heavy atom. The van der Waals surface area contributed by atoms with E-state index in [1.54, 1.807) is 0 Å². The Bertz CT molecular complexity index is 256. The van der Waals surface area contributed by atoms with Crippen molar-refractivity contribution in [3.63, 3.8) is 0 Å². The number of aryl methyl sites for hydroxylation is 2. The molecule has 0 unspecified atom stereocenters. The van der Waals surface area contributed by atoms with Gasteiger partial charge in [0.05, 0.1) is 0 Å². The Morgan fingerprint density at radius 3 is 2.77 bits per heavy atom. The van der Waals surface area contributed by atoms with Gasteiger partial charge in [0, 0.05) is 11.9 Å². The molecule has 0 N–H and O–H groups in total. The lowest BCUT2D eigenvalue weighted by molar-refractivity contribution is 0.399. The van der Waals surface area contributed by atoms with Crippen LogP contribution in [0.15, 0.2) is 18.3 Å². The predicted molar refractivity (Wildman–Crippen MR) is 55.8 cm³/mol. The molecule has 0 amide bonds. The molecule has 0 aliphatic heterocycles. The summed E-state index contributed by atoms with van der Waals surface area (Å²) in [6, 6.07) is 4.11. The van der Waals surface area contributed by atoms with E-state index in [-0.39, 0.29) is 0 Å². The highest BCUT2D eigenvalue weighted by atomic mass is 15.0. The maximum Gasteiger partial charge on any atom is 0.0433 e. The molecule has 0 radical (unpaired) electrons. The van der Waals surface area contributed by atoms with Crippen molar-refractivity contribution in [2.45, 2.75) is 19.8 Å². The number of nitrogens with zero attached hydrogens (tertiary/aromatic N) is 2. The Kier molecular flexibility index (Phi) is 3.90. The molecule has 2 heteroatoms. The molecule has 1 rings (SSSR count). The molecular formula is C11H18N2. The highest BCUT2D eigenvalue weighted by Gasteiger charge is 1.98. The minimum Gasteiger partial charge on any atom is -0.309 e. The van der Waals surface area contributed by atoms with Crippen molar-refractivity contribution in [1.29, 1.82) is 0 Å². The van der Waals surface area contributed by atoms with Crippen LogP contribution in [0.3, 0.4) is 0 Å². The summed E-state index contributed by atoms with van der Waals surface area (Å²) in [6.45, 7) is 3.26.